The minimum atomic E-state index is -4.56. The van der Waals surface area contributed by atoms with E-state index < -0.39 is 17.6 Å². The highest BCUT2D eigenvalue weighted by Crippen LogP contribution is 2.40. The molecule has 0 aliphatic rings. The van der Waals surface area contributed by atoms with Crippen LogP contribution in [0.2, 0.25) is 5.02 Å². The van der Waals surface area contributed by atoms with Gasteiger partial charge in [0.1, 0.15) is 0 Å². The number of anilines is 1. The molecule has 0 radical (unpaired) electrons. The molecule has 0 aliphatic carbocycles. The van der Waals surface area contributed by atoms with Crippen LogP contribution in [0.15, 0.2) is 30.3 Å². The van der Waals surface area contributed by atoms with E-state index in [9.17, 15) is 18.0 Å². The van der Waals surface area contributed by atoms with Crippen LogP contribution in [0.3, 0.4) is 0 Å². The number of halogens is 4. The van der Waals surface area contributed by atoms with Gasteiger partial charge in [0.25, 0.3) is 5.91 Å². The van der Waals surface area contributed by atoms with Crippen molar-refractivity contribution >= 4 is 23.2 Å². The lowest BCUT2D eigenvalue weighted by atomic mass is 10.1. The van der Waals surface area contributed by atoms with Gasteiger partial charge in [0.15, 0.2) is 11.5 Å². The molecule has 0 aromatic heterocycles. The van der Waals surface area contributed by atoms with Crippen molar-refractivity contribution in [2.75, 3.05) is 25.1 Å². The molecule has 158 valence electrons. The second-order valence-electron chi connectivity index (χ2n) is 5.75. The molecule has 29 heavy (non-hydrogen) atoms. The van der Waals surface area contributed by atoms with Crippen molar-refractivity contribution in [1.82, 2.24) is 0 Å². The van der Waals surface area contributed by atoms with Crippen molar-refractivity contribution in [3.8, 4) is 17.2 Å². The summed E-state index contributed by atoms with van der Waals surface area (Å²) in [5, 5.41) is 2.39. The number of ether oxygens (including phenoxy) is 3. The van der Waals surface area contributed by atoms with Gasteiger partial charge in [-0.15, -0.1) is 0 Å². The topological polar surface area (TPSA) is 56.8 Å². The van der Waals surface area contributed by atoms with E-state index in [2.05, 4.69) is 5.32 Å². The molecule has 5 nitrogen and oxygen atoms in total. The number of hydrogen-bond acceptors (Lipinski definition) is 4. The van der Waals surface area contributed by atoms with Crippen LogP contribution < -0.4 is 19.5 Å². The standard InChI is InChI=1S/C20H21ClF3NO4/c1-4-27-16-9-12(10-17(28-5-2)18(16)29-6-3)19(26)25-15-11-13(20(22,23)24)7-8-14(15)21/h7-11H,4-6H2,1-3H3,(H,25,26). The molecule has 0 saturated carbocycles. The largest absolute Gasteiger partial charge is 0.490 e. The predicted molar refractivity (Wildman–Crippen MR) is 104 cm³/mol. The average molecular weight is 432 g/mol. The molecule has 0 atom stereocenters. The number of rotatable bonds is 8. The van der Waals surface area contributed by atoms with Gasteiger partial charge in [0.05, 0.1) is 36.1 Å². The second-order valence-corrected chi connectivity index (χ2v) is 6.15. The van der Waals surface area contributed by atoms with E-state index in [1.165, 1.54) is 12.1 Å². The Hall–Kier alpha value is -2.61. The molecule has 2 aromatic rings. The Morgan fingerprint density at radius 1 is 0.966 bits per heavy atom. The van der Waals surface area contributed by atoms with E-state index in [0.29, 0.717) is 37.1 Å². The van der Waals surface area contributed by atoms with Crippen molar-refractivity contribution < 1.29 is 32.2 Å². The molecule has 0 saturated heterocycles. The van der Waals surface area contributed by atoms with E-state index in [-0.39, 0.29) is 16.3 Å². The Labute approximate surface area is 171 Å². The molecule has 0 bridgehead atoms. The first-order chi connectivity index (χ1) is 13.7. The average Bonchev–Trinajstić information content (AvgIpc) is 2.65. The summed E-state index contributed by atoms with van der Waals surface area (Å²) in [7, 11) is 0. The fourth-order valence-electron chi connectivity index (χ4n) is 2.51. The third-order valence-electron chi connectivity index (χ3n) is 3.71. The third-order valence-corrected chi connectivity index (χ3v) is 4.04. The fourth-order valence-corrected chi connectivity index (χ4v) is 2.68. The smallest absolute Gasteiger partial charge is 0.416 e. The van der Waals surface area contributed by atoms with Crippen LogP contribution in [0.25, 0.3) is 0 Å². The maximum Gasteiger partial charge on any atom is 0.416 e. The quantitative estimate of drug-likeness (QED) is 0.573. The molecule has 1 amide bonds. The van der Waals surface area contributed by atoms with Gasteiger partial charge in [-0.25, -0.2) is 0 Å². The van der Waals surface area contributed by atoms with Gasteiger partial charge in [-0.2, -0.15) is 13.2 Å². The van der Waals surface area contributed by atoms with Gasteiger partial charge in [-0.3, -0.25) is 4.79 Å². The molecule has 1 N–H and O–H groups in total. The Balaban J connectivity index is 2.42. The van der Waals surface area contributed by atoms with E-state index in [1.54, 1.807) is 20.8 Å². The monoisotopic (exact) mass is 431 g/mol. The summed E-state index contributed by atoms with van der Waals surface area (Å²) in [5.41, 5.74) is -0.959. The Kier molecular flexibility index (Phi) is 7.61. The summed E-state index contributed by atoms with van der Waals surface area (Å²) >= 11 is 5.95. The fraction of sp³-hybridized carbons (Fsp3) is 0.350. The number of carbonyl (C=O) groups is 1. The first kappa shape index (κ1) is 22.7. The molecule has 0 unspecified atom stereocenters. The lowest BCUT2D eigenvalue weighted by Gasteiger charge is -2.17. The summed E-state index contributed by atoms with van der Waals surface area (Å²) in [6, 6.07) is 5.58. The van der Waals surface area contributed by atoms with Gasteiger partial charge < -0.3 is 19.5 Å². The van der Waals surface area contributed by atoms with E-state index in [1.807, 2.05) is 0 Å². The number of carbonyl (C=O) groups excluding carboxylic acids is 1. The summed E-state index contributed by atoms with van der Waals surface area (Å²) in [5.74, 6) is 0.266. The zero-order valence-corrected chi connectivity index (χ0v) is 16.9. The zero-order chi connectivity index (χ0) is 21.6. The van der Waals surface area contributed by atoms with Crippen LogP contribution in [0.1, 0.15) is 36.7 Å². The SMILES string of the molecule is CCOc1cc(C(=O)Nc2cc(C(F)(F)F)ccc2Cl)cc(OCC)c1OCC. The van der Waals surface area contributed by atoms with Crippen LogP contribution in [0, 0.1) is 0 Å². The summed E-state index contributed by atoms with van der Waals surface area (Å²) in [4.78, 5) is 12.7. The molecule has 0 spiro atoms. The number of nitrogens with one attached hydrogen (secondary N) is 1. The van der Waals surface area contributed by atoms with Crippen LogP contribution >= 0.6 is 11.6 Å². The second kappa shape index (κ2) is 9.73. The van der Waals surface area contributed by atoms with Crippen molar-refractivity contribution in [3.05, 3.63) is 46.5 Å². The van der Waals surface area contributed by atoms with Crippen LogP contribution in [0.4, 0.5) is 18.9 Å². The molecule has 2 aromatic carbocycles. The maximum atomic E-state index is 12.9. The number of benzene rings is 2. The number of amides is 1. The lowest BCUT2D eigenvalue weighted by Crippen LogP contribution is -2.14. The minimum absolute atomic E-state index is 0.0210. The molecule has 0 aliphatic heterocycles. The molecular formula is C20H21ClF3NO4. The first-order valence-electron chi connectivity index (χ1n) is 8.95. The predicted octanol–water partition coefficient (Wildman–Crippen LogP) is 5.81. The van der Waals surface area contributed by atoms with Crippen molar-refractivity contribution in [3.63, 3.8) is 0 Å². The number of alkyl halides is 3. The van der Waals surface area contributed by atoms with Gasteiger partial charge >= 0.3 is 6.18 Å². The maximum absolute atomic E-state index is 12.9. The van der Waals surface area contributed by atoms with Crippen molar-refractivity contribution in [2.24, 2.45) is 0 Å². The molecule has 9 heteroatoms. The molecule has 0 fully saturated rings. The Morgan fingerprint density at radius 2 is 1.52 bits per heavy atom. The Morgan fingerprint density at radius 3 is 2.00 bits per heavy atom. The highest BCUT2D eigenvalue weighted by atomic mass is 35.5. The first-order valence-corrected chi connectivity index (χ1v) is 9.33. The van der Waals surface area contributed by atoms with Crippen molar-refractivity contribution in [2.45, 2.75) is 26.9 Å². The zero-order valence-electron chi connectivity index (χ0n) is 16.2. The van der Waals surface area contributed by atoms with Crippen LogP contribution in [-0.4, -0.2) is 25.7 Å². The minimum Gasteiger partial charge on any atom is -0.490 e. The normalized spacial score (nSPS) is 11.1. The van der Waals surface area contributed by atoms with E-state index in [0.717, 1.165) is 18.2 Å². The summed E-state index contributed by atoms with van der Waals surface area (Å²) in [6.45, 7) is 6.32. The number of hydrogen-bond donors (Lipinski definition) is 1. The molecule has 2 rings (SSSR count). The third kappa shape index (κ3) is 5.69. The Bertz CT molecular complexity index is 844. The molecular weight excluding hydrogens is 411 g/mol. The van der Waals surface area contributed by atoms with Crippen LogP contribution in [-0.2, 0) is 6.18 Å². The van der Waals surface area contributed by atoms with Crippen LogP contribution in [0.5, 0.6) is 17.2 Å². The van der Waals surface area contributed by atoms with E-state index in [4.69, 9.17) is 25.8 Å². The van der Waals surface area contributed by atoms with Gasteiger partial charge in [-0.05, 0) is 51.1 Å². The highest BCUT2D eigenvalue weighted by Gasteiger charge is 2.31. The lowest BCUT2D eigenvalue weighted by molar-refractivity contribution is -0.137. The van der Waals surface area contributed by atoms with Crippen molar-refractivity contribution in [1.29, 1.82) is 0 Å². The van der Waals surface area contributed by atoms with Gasteiger partial charge in [0, 0.05) is 5.56 Å². The molecule has 0 heterocycles. The summed E-state index contributed by atoms with van der Waals surface area (Å²) in [6.07, 6.45) is -4.56. The van der Waals surface area contributed by atoms with E-state index >= 15 is 0 Å². The van der Waals surface area contributed by atoms with Gasteiger partial charge in [-0.1, -0.05) is 11.6 Å². The summed E-state index contributed by atoms with van der Waals surface area (Å²) < 4.78 is 55.5. The van der Waals surface area contributed by atoms with Gasteiger partial charge in [0.2, 0.25) is 5.75 Å². The highest BCUT2D eigenvalue weighted by molar-refractivity contribution is 6.34.